The van der Waals surface area contributed by atoms with Crippen molar-refractivity contribution < 1.29 is 17.9 Å². The Morgan fingerprint density at radius 2 is 1.75 bits per heavy atom. The topological polar surface area (TPSA) is 63.7 Å². The second-order valence-corrected chi connectivity index (χ2v) is 9.19. The van der Waals surface area contributed by atoms with Crippen LogP contribution in [0.4, 0.5) is 0 Å². The summed E-state index contributed by atoms with van der Waals surface area (Å²) in [5, 5.41) is -0.287. The molecule has 5 nitrogen and oxygen atoms in total. The number of ether oxygens (including phenoxy) is 1. The van der Waals surface area contributed by atoms with Crippen LogP contribution in [0.25, 0.3) is 0 Å². The molecule has 0 radical (unpaired) electrons. The van der Waals surface area contributed by atoms with E-state index in [0.29, 0.717) is 25.9 Å². The Kier molecular flexibility index (Phi) is 4.85. The molecule has 24 heavy (non-hydrogen) atoms. The molecular formula is C18H25NO4S. The number of nitrogens with zero attached hydrogens (tertiary/aromatic N) is 1. The number of rotatable bonds is 5. The van der Waals surface area contributed by atoms with Gasteiger partial charge in [0.2, 0.25) is 5.91 Å². The molecule has 2 aliphatic heterocycles. The van der Waals surface area contributed by atoms with Crippen LogP contribution in [0.1, 0.15) is 38.2 Å². The molecule has 2 fully saturated rings. The second kappa shape index (κ2) is 6.75. The van der Waals surface area contributed by atoms with Crippen LogP contribution in [0.5, 0.6) is 5.75 Å². The molecule has 2 aliphatic rings. The average Bonchev–Trinajstić information content (AvgIpc) is 2.78. The molecule has 132 valence electrons. The second-order valence-electron chi connectivity index (χ2n) is 6.86. The summed E-state index contributed by atoms with van der Waals surface area (Å²) in [5.41, 5.74) is 0.966. The van der Waals surface area contributed by atoms with Gasteiger partial charge in [-0.25, -0.2) is 8.42 Å². The number of hydrogen-bond donors (Lipinski definition) is 0. The zero-order valence-corrected chi connectivity index (χ0v) is 15.1. The van der Waals surface area contributed by atoms with Gasteiger partial charge in [-0.05, 0) is 50.3 Å². The van der Waals surface area contributed by atoms with Gasteiger partial charge in [-0.1, -0.05) is 12.1 Å². The zero-order valence-electron chi connectivity index (χ0n) is 14.3. The van der Waals surface area contributed by atoms with Crippen LogP contribution in [-0.2, 0) is 21.1 Å². The van der Waals surface area contributed by atoms with Crippen molar-refractivity contribution in [1.29, 1.82) is 0 Å². The summed E-state index contributed by atoms with van der Waals surface area (Å²) >= 11 is 0. The van der Waals surface area contributed by atoms with E-state index in [1.807, 2.05) is 36.1 Å². The smallest absolute Gasteiger partial charge is 0.227 e. The van der Waals surface area contributed by atoms with E-state index in [9.17, 15) is 13.2 Å². The van der Waals surface area contributed by atoms with Gasteiger partial charge in [-0.3, -0.25) is 4.79 Å². The van der Waals surface area contributed by atoms with Gasteiger partial charge in [-0.2, -0.15) is 0 Å². The van der Waals surface area contributed by atoms with Gasteiger partial charge in [0.1, 0.15) is 15.6 Å². The van der Waals surface area contributed by atoms with Gasteiger partial charge in [-0.15, -0.1) is 0 Å². The molecule has 2 heterocycles. The van der Waals surface area contributed by atoms with Crippen LogP contribution in [-0.4, -0.2) is 49.4 Å². The number of sulfone groups is 1. The van der Waals surface area contributed by atoms with Gasteiger partial charge < -0.3 is 9.64 Å². The van der Waals surface area contributed by atoms with Crippen molar-refractivity contribution in [2.75, 3.05) is 12.9 Å². The zero-order chi connectivity index (χ0) is 17.3. The van der Waals surface area contributed by atoms with E-state index in [1.54, 1.807) is 0 Å². The van der Waals surface area contributed by atoms with Crippen molar-refractivity contribution in [2.24, 2.45) is 0 Å². The highest BCUT2D eigenvalue weighted by Crippen LogP contribution is 2.38. The lowest BCUT2D eigenvalue weighted by molar-refractivity contribution is -0.134. The molecule has 2 bridgehead atoms. The lowest BCUT2D eigenvalue weighted by Gasteiger charge is -2.38. The van der Waals surface area contributed by atoms with Gasteiger partial charge in [0.05, 0.1) is 18.3 Å². The standard InChI is InChI=1S/C18H25NO4S/c1-3-23-16-8-4-13(5-9-16)10-18(20)19-14-6-7-15(19)12-17(11-14)24(2,21)22/h4-5,8-9,14-15,17H,3,6-7,10-12H2,1-2H3. The first-order valence-corrected chi connectivity index (χ1v) is 10.6. The number of carbonyl (C=O) groups excluding carboxylic acids is 1. The van der Waals surface area contributed by atoms with Crippen molar-refractivity contribution in [2.45, 2.75) is 56.4 Å². The summed E-state index contributed by atoms with van der Waals surface area (Å²) < 4.78 is 29.1. The molecule has 0 aliphatic carbocycles. The van der Waals surface area contributed by atoms with E-state index in [4.69, 9.17) is 4.74 Å². The number of benzene rings is 1. The summed E-state index contributed by atoms with van der Waals surface area (Å²) in [5.74, 6) is 0.918. The fourth-order valence-electron chi connectivity index (χ4n) is 4.02. The van der Waals surface area contributed by atoms with Crippen molar-refractivity contribution in [1.82, 2.24) is 4.90 Å². The van der Waals surface area contributed by atoms with Gasteiger partial charge in [0.15, 0.2) is 0 Å². The van der Waals surface area contributed by atoms with E-state index in [-0.39, 0.29) is 23.2 Å². The first-order valence-electron chi connectivity index (χ1n) is 8.60. The summed E-state index contributed by atoms with van der Waals surface area (Å²) in [6.07, 6.45) is 4.70. The van der Waals surface area contributed by atoms with Crippen molar-refractivity contribution in [3.63, 3.8) is 0 Å². The maximum atomic E-state index is 12.7. The molecule has 1 amide bonds. The van der Waals surface area contributed by atoms with Gasteiger partial charge in [0.25, 0.3) is 0 Å². The van der Waals surface area contributed by atoms with Crippen molar-refractivity contribution in [3.05, 3.63) is 29.8 Å². The quantitative estimate of drug-likeness (QED) is 0.816. The lowest BCUT2D eigenvalue weighted by Crippen LogP contribution is -2.50. The fraction of sp³-hybridized carbons (Fsp3) is 0.611. The number of piperidine rings is 1. The number of amides is 1. The highest BCUT2D eigenvalue weighted by molar-refractivity contribution is 7.91. The van der Waals surface area contributed by atoms with Crippen molar-refractivity contribution in [3.8, 4) is 5.75 Å². The highest BCUT2D eigenvalue weighted by Gasteiger charge is 2.45. The molecule has 3 rings (SSSR count). The van der Waals surface area contributed by atoms with Crippen molar-refractivity contribution >= 4 is 15.7 Å². The summed E-state index contributed by atoms with van der Waals surface area (Å²) in [4.78, 5) is 14.7. The maximum Gasteiger partial charge on any atom is 0.227 e. The predicted molar refractivity (Wildman–Crippen MR) is 92.8 cm³/mol. The van der Waals surface area contributed by atoms with Gasteiger partial charge >= 0.3 is 0 Å². The molecule has 0 aromatic heterocycles. The molecule has 2 saturated heterocycles. The van der Waals surface area contributed by atoms with Crippen LogP contribution in [0.15, 0.2) is 24.3 Å². The number of carbonyl (C=O) groups is 1. The van der Waals surface area contributed by atoms with Crippen LogP contribution in [0.2, 0.25) is 0 Å². The van der Waals surface area contributed by atoms with Gasteiger partial charge in [0, 0.05) is 18.3 Å². The van der Waals surface area contributed by atoms with E-state index < -0.39 is 9.84 Å². The Morgan fingerprint density at radius 1 is 1.17 bits per heavy atom. The van der Waals surface area contributed by atoms with Crippen LogP contribution in [0.3, 0.4) is 0 Å². The minimum Gasteiger partial charge on any atom is -0.494 e. The Bertz CT molecular complexity index is 684. The summed E-state index contributed by atoms with van der Waals surface area (Å²) in [6, 6.07) is 7.78. The summed E-state index contributed by atoms with van der Waals surface area (Å²) in [7, 11) is -3.02. The number of hydrogen-bond acceptors (Lipinski definition) is 4. The monoisotopic (exact) mass is 351 g/mol. The highest BCUT2D eigenvalue weighted by atomic mass is 32.2. The maximum absolute atomic E-state index is 12.7. The lowest BCUT2D eigenvalue weighted by atomic mass is 10.0. The van der Waals surface area contributed by atoms with Crippen LogP contribution < -0.4 is 4.74 Å². The van der Waals surface area contributed by atoms with Crippen LogP contribution >= 0.6 is 0 Å². The first-order chi connectivity index (χ1) is 11.4. The number of fused-ring (bicyclic) bond motifs is 2. The molecule has 0 saturated carbocycles. The fourth-order valence-corrected chi connectivity index (χ4v) is 5.16. The third kappa shape index (κ3) is 3.58. The van der Waals surface area contributed by atoms with E-state index in [1.165, 1.54) is 6.26 Å². The van der Waals surface area contributed by atoms with Crippen LogP contribution in [0, 0.1) is 0 Å². The van der Waals surface area contributed by atoms with E-state index in [2.05, 4.69) is 0 Å². The first kappa shape index (κ1) is 17.3. The molecule has 1 aromatic rings. The summed E-state index contributed by atoms with van der Waals surface area (Å²) in [6.45, 7) is 2.56. The molecule has 0 spiro atoms. The minimum atomic E-state index is -3.02. The molecule has 1 aromatic carbocycles. The average molecular weight is 351 g/mol. The Labute approximate surface area is 143 Å². The Balaban J connectivity index is 1.66. The third-order valence-electron chi connectivity index (χ3n) is 5.17. The Hall–Kier alpha value is -1.56. The molecular weight excluding hydrogens is 326 g/mol. The Morgan fingerprint density at radius 3 is 2.25 bits per heavy atom. The minimum absolute atomic E-state index is 0.0821. The third-order valence-corrected chi connectivity index (χ3v) is 6.77. The predicted octanol–water partition coefficient (Wildman–Crippen LogP) is 2.19. The molecule has 2 unspecified atom stereocenters. The molecule has 0 N–H and O–H groups in total. The molecule has 2 atom stereocenters. The molecule has 6 heteroatoms. The van der Waals surface area contributed by atoms with E-state index in [0.717, 1.165) is 24.2 Å². The largest absolute Gasteiger partial charge is 0.494 e. The van der Waals surface area contributed by atoms with E-state index >= 15 is 0 Å². The SMILES string of the molecule is CCOc1ccc(CC(=O)N2C3CCC2CC(S(C)(=O)=O)C3)cc1. The normalized spacial score (nSPS) is 26.4.